The molecule has 3 aromatic heterocycles. The van der Waals surface area contributed by atoms with Gasteiger partial charge in [0.2, 0.25) is 0 Å². The third-order valence-electron chi connectivity index (χ3n) is 3.06. The molecule has 0 saturated carbocycles. The third kappa shape index (κ3) is 2.99. The molecule has 1 atom stereocenters. The molecule has 0 radical (unpaired) electrons. The van der Waals surface area contributed by atoms with Crippen LogP contribution in [0.15, 0.2) is 23.7 Å². The fourth-order valence-corrected chi connectivity index (χ4v) is 3.99. The molecule has 0 amide bonds. The molecule has 0 fully saturated rings. The van der Waals surface area contributed by atoms with E-state index in [1.54, 1.807) is 17.5 Å². The number of rotatable bonds is 5. The molecule has 4 N–H and O–H groups in total. The molecule has 0 aromatic carbocycles. The van der Waals surface area contributed by atoms with E-state index in [-0.39, 0.29) is 11.8 Å². The maximum Gasteiger partial charge on any atom is 0.157 e. The number of nitrogens with zero attached hydrogens (tertiary/aromatic N) is 2. The van der Waals surface area contributed by atoms with Crippen LogP contribution < -0.4 is 11.1 Å². The zero-order valence-electron chi connectivity index (χ0n) is 11.5. The van der Waals surface area contributed by atoms with E-state index in [0.717, 1.165) is 21.8 Å². The van der Waals surface area contributed by atoms with Crippen molar-refractivity contribution >= 4 is 38.6 Å². The number of thiophene rings is 2. The first-order valence-corrected chi connectivity index (χ1v) is 8.32. The Kier molecular flexibility index (Phi) is 4.05. The van der Waals surface area contributed by atoms with Crippen LogP contribution in [0.2, 0.25) is 0 Å². The molecule has 3 rings (SSSR count). The lowest BCUT2D eigenvalue weighted by Gasteiger charge is -2.04. The van der Waals surface area contributed by atoms with Gasteiger partial charge in [0.05, 0.1) is 21.5 Å². The predicted molar refractivity (Wildman–Crippen MR) is 88.1 cm³/mol. The lowest BCUT2D eigenvalue weighted by atomic mass is 10.2. The minimum absolute atomic E-state index is 0.000510. The van der Waals surface area contributed by atoms with Crippen molar-refractivity contribution in [2.45, 2.75) is 25.9 Å². The van der Waals surface area contributed by atoms with E-state index in [2.05, 4.69) is 27.0 Å². The second-order valence-corrected chi connectivity index (χ2v) is 7.06. The van der Waals surface area contributed by atoms with Gasteiger partial charge in [-0.15, -0.1) is 27.8 Å². The zero-order chi connectivity index (χ0) is 14.8. The highest BCUT2D eigenvalue weighted by atomic mass is 32.1. The summed E-state index contributed by atoms with van der Waals surface area (Å²) in [6.07, 6.45) is 2.33. The lowest BCUT2D eigenvalue weighted by Crippen LogP contribution is -2.16. The van der Waals surface area contributed by atoms with Gasteiger partial charge in [0, 0.05) is 23.9 Å². The first-order valence-electron chi connectivity index (χ1n) is 6.63. The number of hydrogen-bond acceptors (Lipinski definition) is 7. The number of aromatic hydroxyl groups is 1. The van der Waals surface area contributed by atoms with Crippen molar-refractivity contribution in [1.29, 1.82) is 0 Å². The van der Waals surface area contributed by atoms with E-state index in [4.69, 9.17) is 5.73 Å². The van der Waals surface area contributed by atoms with Crippen LogP contribution in [0.3, 0.4) is 0 Å². The first kappa shape index (κ1) is 14.2. The van der Waals surface area contributed by atoms with Crippen LogP contribution in [0.4, 0.5) is 5.69 Å². The molecule has 0 aliphatic carbocycles. The molecular formula is C14H16N4OS2. The average Bonchev–Trinajstić information content (AvgIpc) is 3.06. The summed E-state index contributed by atoms with van der Waals surface area (Å²) in [7, 11) is 0. The largest absolute Gasteiger partial charge is 0.504 e. The minimum Gasteiger partial charge on any atom is -0.504 e. The van der Waals surface area contributed by atoms with Crippen molar-refractivity contribution in [1.82, 2.24) is 10.2 Å². The molecule has 0 spiro atoms. The number of aromatic nitrogens is 2. The van der Waals surface area contributed by atoms with Crippen LogP contribution in [0.5, 0.6) is 5.75 Å². The van der Waals surface area contributed by atoms with Crippen molar-refractivity contribution in [2.24, 2.45) is 5.73 Å². The highest BCUT2D eigenvalue weighted by Crippen LogP contribution is 2.39. The molecule has 7 heteroatoms. The van der Waals surface area contributed by atoms with Crippen LogP contribution in [0, 0.1) is 0 Å². The summed E-state index contributed by atoms with van der Waals surface area (Å²) in [6.45, 7) is 2.66. The van der Waals surface area contributed by atoms with Crippen LogP contribution in [-0.2, 0) is 13.0 Å². The van der Waals surface area contributed by atoms with Crippen molar-refractivity contribution in [3.8, 4) is 5.75 Å². The number of nitrogens with one attached hydrogen (secondary N) is 1. The average molecular weight is 320 g/mol. The smallest absolute Gasteiger partial charge is 0.157 e. The van der Waals surface area contributed by atoms with Gasteiger partial charge in [-0.2, -0.15) is 5.10 Å². The van der Waals surface area contributed by atoms with Gasteiger partial charge in [-0.3, -0.25) is 0 Å². The van der Waals surface area contributed by atoms with Gasteiger partial charge in [-0.1, -0.05) is 6.07 Å². The Labute approximate surface area is 130 Å². The first-order chi connectivity index (χ1) is 10.1. The number of nitrogens with two attached hydrogens (primary N) is 1. The fraction of sp³-hybridized carbons (Fsp3) is 0.286. The molecule has 3 aromatic rings. The fourth-order valence-electron chi connectivity index (χ4n) is 2.09. The third-order valence-corrected chi connectivity index (χ3v) is 5.16. The highest BCUT2D eigenvalue weighted by molar-refractivity contribution is 7.20. The van der Waals surface area contributed by atoms with Gasteiger partial charge in [0.1, 0.15) is 5.52 Å². The second kappa shape index (κ2) is 5.97. The standard InChI is InChI=1S/C14H16N4OS2/c1-8(15)5-11-13(19)12-14(21-11)10(7-17-18-12)16-6-9-3-2-4-20-9/h2-4,7-8,19H,5-6,15H2,1H3,(H,16,18)/t8-/m0/s1. The molecule has 0 aliphatic rings. The number of hydrogen-bond donors (Lipinski definition) is 3. The minimum atomic E-state index is -0.000510. The number of fused-ring (bicyclic) bond motifs is 1. The maximum atomic E-state index is 10.2. The summed E-state index contributed by atoms with van der Waals surface area (Å²) in [5.41, 5.74) is 7.26. The SMILES string of the molecule is C[C@H](N)Cc1sc2c(NCc3cccs3)cnnc2c1O. The summed E-state index contributed by atoms with van der Waals surface area (Å²) in [5, 5.41) is 23.7. The van der Waals surface area contributed by atoms with Gasteiger partial charge < -0.3 is 16.2 Å². The van der Waals surface area contributed by atoms with Gasteiger partial charge in [-0.25, -0.2) is 0 Å². The van der Waals surface area contributed by atoms with Crippen LogP contribution >= 0.6 is 22.7 Å². The summed E-state index contributed by atoms with van der Waals surface area (Å²) in [6, 6.07) is 4.11. The Morgan fingerprint density at radius 2 is 2.33 bits per heavy atom. The molecule has 5 nitrogen and oxygen atoms in total. The summed E-state index contributed by atoms with van der Waals surface area (Å²) in [4.78, 5) is 2.11. The Morgan fingerprint density at radius 3 is 3.05 bits per heavy atom. The Bertz CT molecular complexity index is 737. The van der Waals surface area contributed by atoms with Crippen molar-refractivity contribution in [2.75, 3.05) is 5.32 Å². The van der Waals surface area contributed by atoms with Crippen LogP contribution in [0.25, 0.3) is 10.2 Å². The van der Waals surface area contributed by atoms with E-state index in [0.29, 0.717) is 11.9 Å². The van der Waals surface area contributed by atoms with Gasteiger partial charge in [0.25, 0.3) is 0 Å². The van der Waals surface area contributed by atoms with Crippen molar-refractivity contribution in [3.05, 3.63) is 33.5 Å². The van der Waals surface area contributed by atoms with Gasteiger partial charge in [-0.05, 0) is 18.4 Å². The molecule has 0 unspecified atom stereocenters. The summed E-state index contributed by atoms with van der Waals surface area (Å²) in [5.74, 6) is 0.208. The zero-order valence-corrected chi connectivity index (χ0v) is 13.2. The molecule has 0 saturated heterocycles. The molecule has 0 aliphatic heterocycles. The van der Waals surface area contributed by atoms with E-state index in [1.807, 2.05) is 13.0 Å². The summed E-state index contributed by atoms with van der Waals surface area (Å²) < 4.78 is 0.926. The van der Waals surface area contributed by atoms with E-state index < -0.39 is 0 Å². The second-order valence-electron chi connectivity index (χ2n) is 4.92. The number of anilines is 1. The van der Waals surface area contributed by atoms with Crippen LogP contribution in [-0.4, -0.2) is 21.3 Å². The summed E-state index contributed by atoms with van der Waals surface area (Å²) >= 11 is 3.23. The topological polar surface area (TPSA) is 84.1 Å². The van der Waals surface area contributed by atoms with E-state index in [1.165, 1.54) is 16.2 Å². The normalized spacial score (nSPS) is 12.7. The van der Waals surface area contributed by atoms with E-state index >= 15 is 0 Å². The maximum absolute atomic E-state index is 10.2. The molecular weight excluding hydrogens is 304 g/mol. The molecule has 21 heavy (non-hydrogen) atoms. The molecule has 0 bridgehead atoms. The van der Waals surface area contributed by atoms with E-state index in [9.17, 15) is 5.11 Å². The van der Waals surface area contributed by atoms with Gasteiger partial charge in [0.15, 0.2) is 5.75 Å². The molecule has 3 heterocycles. The lowest BCUT2D eigenvalue weighted by molar-refractivity contribution is 0.474. The van der Waals surface area contributed by atoms with Gasteiger partial charge >= 0.3 is 0 Å². The molecule has 110 valence electrons. The Balaban J connectivity index is 1.91. The van der Waals surface area contributed by atoms with Crippen molar-refractivity contribution in [3.63, 3.8) is 0 Å². The monoisotopic (exact) mass is 320 g/mol. The van der Waals surface area contributed by atoms with Crippen molar-refractivity contribution < 1.29 is 5.11 Å². The van der Waals surface area contributed by atoms with Crippen LogP contribution in [0.1, 0.15) is 16.7 Å². The Hall–Kier alpha value is -1.70. The predicted octanol–water partition coefficient (Wildman–Crippen LogP) is 2.96. The highest BCUT2D eigenvalue weighted by Gasteiger charge is 2.16. The Morgan fingerprint density at radius 1 is 1.48 bits per heavy atom. The quantitative estimate of drug-likeness (QED) is 0.673.